The summed E-state index contributed by atoms with van der Waals surface area (Å²) in [6.45, 7) is 3.76. The van der Waals surface area contributed by atoms with Crippen molar-refractivity contribution < 1.29 is 13.6 Å². The van der Waals surface area contributed by atoms with E-state index < -0.39 is 17.8 Å². The number of hydrogen-bond acceptors (Lipinski definition) is 2. The molecule has 0 saturated heterocycles. The van der Waals surface area contributed by atoms with Crippen molar-refractivity contribution in [2.75, 3.05) is 5.32 Å². The summed E-state index contributed by atoms with van der Waals surface area (Å²) in [5, 5.41) is 2.74. The van der Waals surface area contributed by atoms with E-state index in [1.807, 2.05) is 13.8 Å². The van der Waals surface area contributed by atoms with E-state index in [4.69, 9.17) is 11.6 Å². The van der Waals surface area contributed by atoms with Gasteiger partial charge in [0.2, 0.25) is 11.9 Å². The summed E-state index contributed by atoms with van der Waals surface area (Å²) in [7, 11) is 0. The Labute approximate surface area is 119 Å². The number of hydrogen-bond donors (Lipinski definition) is 1. The van der Waals surface area contributed by atoms with E-state index in [2.05, 4.69) is 10.3 Å². The highest BCUT2D eigenvalue weighted by atomic mass is 35.5. The van der Waals surface area contributed by atoms with Crippen LogP contribution in [0.25, 0.3) is 0 Å². The lowest BCUT2D eigenvalue weighted by atomic mass is 10.3. The van der Waals surface area contributed by atoms with Crippen LogP contribution in [-0.2, 0) is 0 Å². The van der Waals surface area contributed by atoms with Crippen molar-refractivity contribution >= 4 is 23.2 Å². The number of pyridine rings is 1. The first-order valence-corrected chi connectivity index (χ1v) is 6.27. The maximum atomic E-state index is 13.4. The number of aromatic nitrogens is 2. The van der Waals surface area contributed by atoms with Crippen LogP contribution in [0.5, 0.6) is 0 Å². The molecule has 0 radical (unpaired) electrons. The fourth-order valence-electron chi connectivity index (χ4n) is 1.75. The summed E-state index contributed by atoms with van der Waals surface area (Å²) in [5.74, 6) is -2.57. The van der Waals surface area contributed by atoms with Gasteiger partial charge in [-0.05, 0) is 32.0 Å². The van der Waals surface area contributed by atoms with E-state index in [0.29, 0.717) is 5.02 Å². The Morgan fingerprint density at radius 3 is 2.70 bits per heavy atom. The second kappa shape index (κ2) is 5.58. The Kier molecular flexibility index (Phi) is 4.04. The Morgan fingerprint density at radius 1 is 1.40 bits per heavy atom. The lowest BCUT2D eigenvalue weighted by Gasteiger charge is -2.12. The Balaban J connectivity index is 2.28. The molecule has 0 saturated carbocycles. The molecular weight excluding hydrogens is 288 g/mol. The van der Waals surface area contributed by atoms with Gasteiger partial charge in [0, 0.05) is 12.2 Å². The van der Waals surface area contributed by atoms with Gasteiger partial charge in [0.05, 0.1) is 10.7 Å². The molecule has 4 nitrogen and oxygen atoms in total. The van der Waals surface area contributed by atoms with E-state index in [1.54, 1.807) is 10.8 Å². The number of rotatable bonds is 3. The van der Waals surface area contributed by atoms with Crippen LogP contribution >= 0.6 is 11.6 Å². The lowest BCUT2D eigenvalue weighted by Crippen LogP contribution is -2.18. The van der Waals surface area contributed by atoms with Crippen LogP contribution in [0.3, 0.4) is 0 Å². The van der Waals surface area contributed by atoms with Gasteiger partial charge in [-0.1, -0.05) is 11.6 Å². The van der Waals surface area contributed by atoms with Crippen molar-refractivity contribution in [3.63, 3.8) is 0 Å². The van der Waals surface area contributed by atoms with Crippen molar-refractivity contribution in [2.24, 2.45) is 0 Å². The number of halogens is 3. The van der Waals surface area contributed by atoms with Gasteiger partial charge in [0.15, 0.2) is 0 Å². The molecule has 0 aliphatic carbocycles. The molecule has 0 unspecified atom stereocenters. The Bertz CT molecular complexity index is 655. The minimum absolute atomic E-state index is 0.0134. The van der Waals surface area contributed by atoms with E-state index in [9.17, 15) is 13.6 Å². The summed E-state index contributed by atoms with van der Waals surface area (Å²) in [6.07, 6.45) is 1.61. The monoisotopic (exact) mass is 299 g/mol. The fraction of sp³-hybridized carbons (Fsp3) is 0.231. The van der Waals surface area contributed by atoms with Crippen LogP contribution in [0.15, 0.2) is 24.4 Å². The van der Waals surface area contributed by atoms with Crippen molar-refractivity contribution in [1.82, 2.24) is 9.55 Å². The van der Waals surface area contributed by atoms with Crippen molar-refractivity contribution in [2.45, 2.75) is 19.9 Å². The quantitative estimate of drug-likeness (QED) is 0.879. The van der Waals surface area contributed by atoms with Crippen molar-refractivity contribution in [3.8, 4) is 0 Å². The largest absolute Gasteiger partial charge is 0.339 e. The second-order valence-corrected chi connectivity index (χ2v) is 4.91. The molecule has 0 aliphatic rings. The van der Waals surface area contributed by atoms with Gasteiger partial charge in [0.1, 0.15) is 5.69 Å². The average Bonchev–Trinajstić information content (AvgIpc) is 2.75. The predicted octanol–water partition coefficient (Wildman–Crippen LogP) is 3.65. The topological polar surface area (TPSA) is 46.9 Å². The highest BCUT2D eigenvalue weighted by Gasteiger charge is 2.17. The predicted molar refractivity (Wildman–Crippen MR) is 71.9 cm³/mol. The molecule has 1 N–H and O–H groups in total. The third-order valence-corrected chi connectivity index (χ3v) is 2.87. The van der Waals surface area contributed by atoms with Gasteiger partial charge in [0.25, 0.3) is 5.91 Å². The SMILES string of the molecule is CC(C)n1cc(Cl)cc1C(=O)Nc1ccc(F)nc1F. The van der Waals surface area contributed by atoms with Gasteiger partial charge in [-0.25, -0.2) is 0 Å². The molecule has 0 atom stereocenters. The zero-order chi connectivity index (χ0) is 14.9. The first kappa shape index (κ1) is 14.5. The minimum atomic E-state index is -1.08. The Morgan fingerprint density at radius 2 is 2.10 bits per heavy atom. The summed E-state index contributed by atoms with van der Waals surface area (Å²) in [6, 6.07) is 3.57. The van der Waals surface area contributed by atoms with E-state index in [0.717, 1.165) is 12.1 Å². The number of carbonyl (C=O) groups excluding carboxylic acids is 1. The van der Waals surface area contributed by atoms with Gasteiger partial charge < -0.3 is 9.88 Å². The van der Waals surface area contributed by atoms with Crippen LogP contribution in [0, 0.1) is 11.9 Å². The number of amides is 1. The number of carbonyl (C=O) groups is 1. The molecule has 2 rings (SSSR count). The van der Waals surface area contributed by atoms with E-state index in [-0.39, 0.29) is 17.4 Å². The highest BCUT2D eigenvalue weighted by Crippen LogP contribution is 2.20. The van der Waals surface area contributed by atoms with E-state index in [1.165, 1.54) is 6.07 Å². The lowest BCUT2D eigenvalue weighted by molar-refractivity contribution is 0.101. The zero-order valence-corrected chi connectivity index (χ0v) is 11.6. The molecule has 2 aromatic heterocycles. The van der Waals surface area contributed by atoms with Crippen LogP contribution < -0.4 is 5.32 Å². The molecule has 2 aromatic rings. The average molecular weight is 300 g/mol. The maximum absolute atomic E-state index is 13.4. The number of nitrogens with one attached hydrogen (secondary N) is 1. The molecule has 2 heterocycles. The first-order chi connectivity index (χ1) is 9.38. The summed E-state index contributed by atoms with van der Waals surface area (Å²) in [4.78, 5) is 15.1. The molecule has 0 aromatic carbocycles. The summed E-state index contributed by atoms with van der Waals surface area (Å²) in [5.41, 5.74) is 0.0951. The van der Waals surface area contributed by atoms with Gasteiger partial charge >= 0.3 is 0 Å². The van der Waals surface area contributed by atoms with Crippen LogP contribution in [0.1, 0.15) is 30.4 Å². The number of anilines is 1. The van der Waals surface area contributed by atoms with Gasteiger partial charge in [-0.2, -0.15) is 13.8 Å². The van der Waals surface area contributed by atoms with Crippen LogP contribution in [-0.4, -0.2) is 15.5 Å². The summed E-state index contributed by atoms with van der Waals surface area (Å²) < 4.78 is 27.7. The highest BCUT2D eigenvalue weighted by molar-refractivity contribution is 6.31. The standard InChI is InChI=1S/C13H12ClF2N3O/c1-7(2)19-6-8(14)5-10(19)13(20)17-9-3-4-11(15)18-12(9)16/h3-7H,1-2H3,(H,17,20). The molecule has 20 heavy (non-hydrogen) atoms. The van der Waals surface area contributed by atoms with Crippen molar-refractivity contribution in [1.29, 1.82) is 0 Å². The molecule has 0 aliphatic heterocycles. The van der Waals surface area contributed by atoms with Crippen molar-refractivity contribution in [3.05, 3.63) is 47.0 Å². The molecular formula is C13H12ClF2N3O. The third kappa shape index (κ3) is 2.96. The van der Waals surface area contributed by atoms with Gasteiger partial charge in [-0.15, -0.1) is 0 Å². The minimum Gasteiger partial charge on any atom is -0.339 e. The zero-order valence-electron chi connectivity index (χ0n) is 10.8. The van der Waals surface area contributed by atoms with E-state index >= 15 is 0 Å². The fourth-order valence-corrected chi connectivity index (χ4v) is 1.96. The molecule has 0 spiro atoms. The molecule has 1 amide bonds. The molecule has 106 valence electrons. The first-order valence-electron chi connectivity index (χ1n) is 5.89. The normalized spacial score (nSPS) is 10.9. The second-order valence-electron chi connectivity index (χ2n) is 4.47. The Hall–Kier alpha value is -1.95. The molecule has 0 fully saturated rings. The maximum Gasteiger partial charge on any atom is 0.272 e. The van der Waals surface area contributed by atoms with Gasteiger partial charge in [-0.3, -0.25) is 4.79 Å². The van der Waals surface area contributed by atoms with Crippen LogP contribution in [0.4, 0.5) is 14.5 Å². The third-order valence-electron chi connectivity index (χ3n) is 2.67. The molecule has 0 bridgehead atoms. The van der Waals surface area contributed by atoms with Crippen LogP contribution in [0.2, 0.25) is 5.02 Å². The number of nitrogens with zero attached hydrogens (tertiary/aromatic N) is 2. The smallest absolute Gasteiger partial charge is 0.272 e. The summed E-state index contributed by atoms with van der Waals surface area (Å²) >= 11 is 5.87. The molecule has 7 heteroatoms.